The van der Waals surface area contributed by atoms with Gasteiger partial charge in [-0.2, -0.15) is 0 Å². The average Bonchev–Trinajstić information content (AvgIpc) is 2.50. The first-order valence-corrected chi connectivity index (χ1v) is 5.94. The van der Waals surface area contributed by atoms with Crippen molar-refractivity contribution in [2.45, 2.75) is 44.3 Å². The van der Waals surface area contributed by atoms with E-state index in [1.165, 1.54) is 12.8 Å². The van der Waals surface area contributed by atoms with Crippen molar-refractivity contribution in [2.75, 3.05) is 5.75 Å². The van der Waals surface area contributed by atoms with Gasteiger partial charge >= 0.3 is 0 Å². The van der Waals surface area contributed by atoms with Gasteiger partial charge in [-0.25, -0.2) is 4.98 Å². The standard InChI is InChI=1S/C9H18N4S/c1-7(10)5-3-4-6-14-9-11-8(2)12-13-9/h7H,3-6,10H2,1-2H3,(H,11,12,13). The zero-order valence-electron chi connectivity index (χ0n) is 8.79. The van der Waals surface area contributed by atoms with Crippen LogP contribution in [0.15, 0.2) is 5.16 Å². The number of aromatic amines is 1. The van der Waals surface area contributed by atoms with E-state index >= 15 is 0 Å². The van der Waals surface area contributed by atoms with Crippen LogP contribution in [0.1, 0.15) is 32.0 Å². The van der Waals surface area contributed by atoms with Crippen molar-refractivity contribution < 1.29 is 0 Å². The molecular weight excluding hydrogens is 196 g/mol. The van der Waals surface area contributed by atoms with E-state index in [-0.39, 0.29) is 0 Å². The number of nitrogens with one attached hydrogen (secondary N) is 1. The molecule has 0 bridgehead atoms. The first-order valence-electron chi connectivity index (χ1n) is 4.96. The summed E-state index contributed by atoms with van der Waals surface area (Å²) in [5, 5.41) is 7.73. The van der Waals surface area contributed by atoms with Crippen molar-refractivity contribution in [3.63, 3.8) is 0 Å². The molecule has 0 saturated heterocycles. The minimum absolute atomic E-state index is 0.325. The molecule has 1 aromatic heterocycles. The average molecular weight is 214 g/mol. The summed E-state index contributed by atoms with van der Waals surface area (Å²) in [5.41, 5.74) is 5.65. The van der Waals surface area contributed by atoms with E-state index in [1.807, 2.05) is 13.8 Å². The second-order valence-electron chi connectivity index (χ2n) is 3.52. The van der Waals surface area contributed by atoms with E-state index < -0.39 is 0 Å². The lowest BCUT2D eigenvalue weighted by molar-refractivity contribution is 0.618. The van der Waals surface area contributed by atoms with Gasteiger partial charge in [0.25, 0.3) is 0 Å². The Bertz CT molecular complexity index is 259. The maximum Gasteiger partial charge on any atom is 0.208 e. The number of unbranched alkanes of at least 4 members (excludes halogenated alkanes) is 1. The lowest BCUT2D eigenvalue weighted by Gasteiger charge is -2.02. The number of aromatic nitrogens is 3. The summed E-state index contributed by atoms with van der Waals surface area (Å²) >= 11 is 1.70. The van der Waals surface area contributed by atoms with Crippen LogP contribution in [0, 0.1) is 6.92 Å². The summed E-state index contributed by atoms with van der Waals surface area (Å²) in [6, 6.07) is 0.325. The Morgan fingerprint density at radius 3 is 2.86 bits per heavy atom. The van der Waals surface area contributed by atoms with E-state index in [1.54, 1.807) is 11.8 Å². The van der Waals surface area contributed by atoms with Crippen LogP contribution >= 0.6 is 11.8 Å². The predicted octanol–water partition coefficient (Wildman–Crippen LogP) is 1.72. The number of hydrogen-bond donors (Lipinski definition) is 2. The molecule has 0 aromatic carbocycles. The van der Waals surface area contributed by atoms with E-state index in [0.29, 0.717) is 6.04 Å². The number of rotatable bonds is 6. The monoisotopic (exact) mass is 214 g/mol. The molecule has 1 aromatic rings. The number of thioether (sulfide) groups is 1. The zero-order valence-corrected chi connectivity index (χ0v) is 9.60. The molecule has 0 fully saturated rings. The van der Waals surface area contributed by atoms with Crippen molar-refractivity contribution in [1.29, 1.82) is 0 Å². The smallest absolute Gasteiger partial charge is 0.208 e. The molecule has 0 aliphatic heterocycles. The molecule has 3 N–H and O–H groups in total. The molecule has 1 unspecified atom stereocenters. The van der Waals surface area contributed by atoms with Gasteiger partial charge in [-0.1, -0.05) is 18.2 Å². The second kappa shape index (κ2) is 6.03. The van der Waals surface area contributed by atoms with Crippen molar-refractivity contribution in [3.05, 3.63) is 5.82 Å². The molecule has 1 atom stereocenters. The molecule has 0 aliphatic rings. The number of hydrogen-bond acceptors (Lipinski definition) is 4. The predicted molar refractivity (Wildman–Crippen MR) is 59.3 cm³/mol. The fraction of sp³-hybridized carbons (Fsp3) is 0.778. The van der Waals surface area contributed by atoms with Crippen LogP contribution in [0.4, 0.5) is 0 Å². The molecule has 4 nitrogen and oxygen atoms in total. The minimum Gasteiger partial charge on any atom is -0.328 e. The largest absolute Gasteiger partial charge is 0.328 e. The highest BCUT2D eigenvalue weighted by atomic mass is 32.2. The highest BCUT2D eigenvalue weighted by Gasteiger charge is 2.00. The van der Waals surface area contributed by atoms with Crippen LogP contribution in [-0.2, 0) is 0 Å². The van der Waals surface area contributed by atoms with E-state index in [9.17, 15) is 0 Å². The SMILES string of the molecule is Cc1nc(SCCCCC(C)N)n[nH]1. The molecule has 1 rings (SSSR count). The second-order valence-corrected chi connectivity index (χ2v) is 4.59. The highest BCUT2D eigenvalue weighted by Crippen LogP contribution is 2.14. The lowest BCUT2D eigenvalue weighted by Crippen LogP contribution is -2.14. The molecule has 0 saturated carbocycles. The molecular formula is C9H18N4S. The van der Waals surface area contributed by atoms with Crippen LogP contribution in [0.5, 0.6) is 0 Å². The van der Waals surface area contributed by atoms with E-state index in [4.69, 9.17) is 5.73 Å². The Kier molecular flexibility index (Phi) is 4.97. The first kappa shape index (κ1) is 11.5. The fourth-order valence-corrected chi connectivity index (χ4v) is 1.96. The number of aryl methyl sites for hydroxylation is 1. The van der Waals surface area contributed by atoms with Gasteiger partial charge in [-0.05, 0) is 26.7 Å². The van der Waals surface area contributed by atoms with Gasteiger partial charge in [0.05, 0.1) is 0 Å². The summed E-state index contributed by atoms with van der Waals surface area (Å²) in [6.45, 7) is 3.96. The van der Waals surface area contributed by atoms with Crippen LogP contribution < -0.4 is 5.73 Å². The molecule has 0 aliphatic carbocycles. The van der Waals surface area contributed by atoms with Crippen molar-refractivity contribution in [2.24, 2.45) is 5.73 Å². The third kappa shape index (κ3) is 4.62. The van der Waals surface area contributed by atoms with Crippen molar-refractivity contribution in [1.82, 2.24) is 15.2 Å². The zero-order chi connectivity index (χ0) is 10.4. The van der Waals surface area contributed by atoms with Gasteiger partial charge in [0, 0.05) is 11.8 Å². The van der Waals surface area contributed by atoms with Gasteiger partial charge < -0.3 is 5.73 Å². The van der Waals surface area contributed by atoms with E-state index in [0.717, 1.165) is 23.2 Å². The molecule has 1 heterocycles. The Morgan fingerprint density at radius 2 is 2.29 bits per heavy atom. The van der Waals surface area contributed by atoms with Gasteiger partial charge in [-0.3, -0.25) is 5.10 Å². The summed E-state index contributed by atoms with van der Waals surface area (Å²) in [4.78, 5) is 4.22. The quantitative estimate of drug-likeness (QED) is 0.559. The summed E-state index contributed by atoms with van der Waals surface area (Å²) in [7, 11) is 0. The minimum atomic E-state index is 0.325. The van der Waals surface area contributed by atoms with Gasteiger partial charge in [0.2, 0.25) is 5.16 Å². The number of H-pyrrole nitrogens is 1. The Hall–Kier alpha value is -0.550. The third-order valence-electron chi connectivity index (χ3n) is 1.86. The van der Waals surface area contributed by atoms with Gasteiger partial charge in [-0.15, -0.1) is 5.10 Å². The third-order valence-corrected chi connectivity index (χ3v) is 2.80. The Morgan fingerprint density at radius 1 is 1.50 bits per heavy atom. The molecule has 5 heteroatoms. The summed E-state index contributed by atoms with van der Waals surface area (Å²) < 4.78 is 0. The number of nitrogens with zero attached hydrogens (tertiary/aromatic N) is 2. The maximum absolute atomic E-state index is 5.65. The highest BCUT2D eigenvalue weighted by molar-refractivity contribution is 7.99. The molecule has 80 valence electrons. The van der Waals surface area contributed by atoms with Crippen molar-refractivity contribution in [3.8, 4) is 0 Å². The normalized spacial score (nSPS) is 13.1. The molecule has 0 amide bonds. The van der Waals surface area contributed by atoms with Crippen molar-refractivity contribution >= 4 is 11.8 Å². The molecule has 0 spiro atoms. The molecule has 0 radical (unpaired) electrons. The van der Waals surface area contributed by atoms with E-state index in [2.05, 4.69) is 15.2 Å². The summed E-state index contributed by atoms with van der Waals surface area (Å²) in [5.74, 6) is 1.95. The number of nitrogens with two attached hydrogens (primary N) is 1. The first-order chi connectivity index (χ1) is 6.68. The Balaban J connectivity index is 2.04. The van der Waals surface area contributed by atoms with Crippen LogP contribution in [-0.4, -0.2) is 27.0 Å². The molecule has 14 heavy (non-hydrogen) atoms. The van der Waals surface area contributed by atoms with Gasteiger partial charge in [0.15, 0.2) is 0 Å². The Labute approximate surface area is 89.1 Å². The maximum atomic E-state index is 5.65. The van der Waals surface area contributed by atoms with Crippen LogP contribution in [0.3, 0.4) is 0 Å². The van der Waals surface area contributed by atoms with Crippen LogP contribution in [0.2, 0.25) is 0 Å². The topological polar surface area (TPSA) is 67.6 Å². The fourth-order valence-electron chi connectivity index (χ4n) is 1.12. The van der Waals surface area contributed by atoms with Crippen LogP contribution in [0.25, 0.3) is 0 Å². The van der Waals surface area contributed by atoms with Gasteiger partial charge in [0.1, 0.15) is 5.82 Å². The summed E-state index contributed by atoms with van der Waals surface area (Å²) in [6.07, 6.45) is 3.47. The lowest BCUT2D eigenvalue weighted by atomic mass is 10.2.